The number of thiazole rings is 1. The fourth-order valence-electron chi connectivity index (χ4n) is 2.21. The van der Waals surface area contributed by atoms with Gasteiger partial charge < -0.3 is 0 Å². The van der Waals surface area contributed by atoms with Crippen LogP contribution in [0.25, 0.3) is 10.2 Å². The summed E-state index contributed by atoms with van der Waals surface area (Å²) < 4.78 is 0.988. The Labute approximate surface area is 135 Å². The van der Waals surface area contributed by atoms with Gasteiger partial charge in [0.2, 0.25) is 0 Å². The van der Waals surface area contributed by atoms with Crippen molar-refractivity contribution in [2.45, 2.75) is 13.8 Å². The first-order valence-electron chi connectivity index (χ1n) is 6.88. The van der Waals surface area contributed by atoms with E-state index in [9.17, 15) is 14.9 Å². The maximum Gasteiger partial charge on any atom is 0.270 e. The van der Waals surface area contributed by atoms with Crippen LogP contribution in [0.1, 0.15) is 21.5 Å². The average Bonchev–Trinajstić information content (AvgIpc) is 2.94. The smallest absolute Gasteiger partial charge is 0.270 e. The van der Waals surface area contributed by atoms with Crippen LogP contribution in [0.15, 0.2) is 36.4 Å². The van der Waals surface area contributed by atoms with E-state index < -0.39 is 10.8 Å². The first-order chi connectivity index (χ1) is 11.0. The number of amides is 1. The maximum atomic E-state index is 12.3. The van der Waals surface area contributed by atoms with Gasteiger partial charge in [0.15, 0.2) is 5.13 Å². The molecule has 0 aliphatic rings. The molecule has 23 heavy (non-hydrogen) atoms. The third kappa shape index (κ3) is 2.91. The van der Waals surface area contributed by atoms with Gasteiger partial charge in [-0.1, -0.05) is 23.5 Å². The summed E-state index contributed by atoms with van der Waals surface area (Å²) in [4.78, 5) is 27.0. The molecule has 0 spiro atoms. The van der Waals surface area contributed by atoms with Crippen molar-refractivity contribution < 1.29 is 9.72 Å². The summed E-state index contributed by atoms with van der Waals surface area (Å²) in [5.41, 5.74) is 3.19. The number of hydrogen-bond acceptors (Lipinski definition) is 5. The monoisotopic (exact) mass is 327 g/mol. The summed E-state index contributed by atoms with van der Waals surface area (Å²) in [6, 6.07) is 9.60. The van der Waals surface area contributed by atoms with Gasteiger partial charge >= 0.3 is 0 Å². The molecule has 3 rings (SSSR count). The number of carbonyl (C=O) groups is 1. The van der Waals surface area contributed by atoms with Gasteiger partial charge in [-0.3, -0.25) is 20.2 Å². The van der Waals surface area contributed by atoms with Crippen molar-refractivity contribution in [1.82, 2.24) is 4.98 Å². The molecule has 1 N–H and O–H groups in total. The Morgan fingerprint density at radius 1 is 1.26 bits per heavy atom. The zero-order valence-corrected chi connectivity index (χ0v) is 13.3. The molecule has 1 heterocycles. The second kappa shape index (κ2) is 5.77. The Hall–Kier alpha value is -2.80. The van der Waals surface area contributed by atoms with E-state index >= 15 is 0 Å². The fraction of sp³-hybridized carbons (Fsp3) is 0.125. The summed E-state index contributed by atoms with van der Waals surface area (Å²) in [7, 11) is 0. The van der Waals surface area contributed by atoms with Crippen molar-refractivity contribution in [2.75, 3.05) is 5.32 Å². The van der Waals surface area contributed by atoms with E-state index in [4.69, 9.17) is 0 Å². The van der Waals surface area contributed by atoms with Gasteiger partial charge in [0.25, 0.3) is 11.6 Å². The van der Waals surface area contributed by atoms with Crippen LogP contribution >= 0.6 is 11.3 Å². The topological polar surface area (TPSA) is 85.1 Å². The zero-order valence-electron chi connectivity index (χ0n) is 12.5. The SMILES string of the molecule is Cc1ccc2sc(NC(=O)c3cccc([N+](=O)[O-])c3)nc2c1C. The lowest BCUT2D eigenvalue weighted by atomic mass is 10.1. The van der Waals surface area contributed by atoms with E-state index in [1.165, 1.54) is 35.6 Å². The number of aryl methyl sites for hydroxylation is 2. The first-order valence-corrected chi connectivity index (χ1v) is 7.70. The molecule has 0 bridgehead atoms. The average molecular weight is 327 g/mol. The van der Waals surface area contributed by atoms with Gasteiger partial charge in [0, 0.05) is 17.7 Å². The van der Waals surface area contributed by atoms with Crippen molar-refractivity contribution in [1.29, 1.82) is 0 Å². The van der Waals surface area contributed by atoms with Crippen molar-refractivity contribution in [3.63, 3.8) is 0 Å². The summed E-state index contributed by atoms with van der Waals surface area (Å²) in [6.45, 7) is 4.00. The van der Waals surface area contributed by atoms with E-state index in [1.807, 2.05) is 26.0 Å². The summed E-state index contributed by atoms with van der Waals surface area (Å²) in [5, 5.41) is 14.0. The van der Waals surface area contributed by atoms with Gasteiger partial charge in [-0.25, -0.2) is 4.98 Å². The van der Waals surface area contributed by atoms with Crippen LogP contribution in [-0.2, 0) is 0 Å². The second-order valence-electron chi connectivity index (χ2n) is 5.13. The molecule has 6 nitrogen and oxygen atoms in total. The van der Waals surface area contributed by atoms with Crippen molar-refractivity contribution >= 4 is 38.3 Å². The number of non-ortho nitro benzene ring substituents is 1. The number of hydrogen-bond donors (Lipinski definition) is 1. The number of nitro benzene ring substituents is 1. The maximum absolute atomic E-state index is 12.3. The predicted octanol–water partition coefficient (Wildman–Crippen LogP) is 4.07. The lowest BCUT2D eigenvalue weighted by Gasteiger charge is -2.01. The second-order valence-corrected chi connectivity index (χ2v) is 6.17. The molecule has 116 valence electrons. The normalized spacial score (nSPS) is 10.7. The molecule has 0 fully saturated rings. The molecule has 3 aromatic rings. The molecule has 0 atom stereocenters. The van der Waals surface area contributed by atoms with E-state index in [-0.39, 0.29) is 11.3 Å². The molecule has 2 aromatic carbocycles. The summed E-state index contributed by atoms with van der Waals surface area (Å²) >= 11 is 1.38. The number of carbonyl (C=O) groups excluding carboxylic acids is 1. The van der Waals surface area contributed by atoms with Gasteiger partial charge in [0.05, 0.1) is 15.1 Å². The van der Waals surface area contributed by atoms with Crippen LogP contribution < -0.4 is 5.32 Å². The van der Waals surface area contributed by atoms with Gasteiger partial charge in [-0.05, 0) is 37.1 Å². The Kier molecular flexibility index (Phi) is 3.79. The number of benzene rings is 2. The number of anilines is 1. The van der Waals surface area contributed by atoms with Gasteiger partial charge in [-0.2, -0.15) is 0 Å². The Morgan fingerprint density at radius 3 is 2.78 bits per heavy atom. The third-order valence-electron chi connectivity index (χ3n) is 3.62. The molecular formula is C16H13N3O3S. The highest BCUT2D eigenvalue weighted by molar-refractivity contribution is 7.22. The molecule has 0 saturated carbocycles. The molecule has 0 saturated heterocycles. The number of rotatable bonds is 3. The number of fused-ring (bicyclic) bond motifs is 1. The van der Waals surface area contributed by atoms with E-state index in [0.717, 1.165) is 21.3 Å². The predicted molar refractivity (Wildman–Crippen MR) is 90.1 cm³/mol. The van der Waals surface area contributed by atoms with Crippen LogP contribution in [0, 0.1) is 24.0 Å². The minimum Gasteiger partial charge on any atom is -0.298 e. The highest BCUT2D eigenvalue weighted by atomic mass is 32.1. The minimum atomic E-state index is -0.527. The van der Waals surface area contributed by atoms with E-state index in [0.29, 0.717) is 5.13 Å². The molecule has 7 heteroatoms. The summed E-state index contributed by atoms with van der Waals surface area (Å²) in [5.74, 6) is -0.415. The Bertz CT molecular complexity index is 933. The molecule has 0 unspecified atom stereocenters. The minimum absolute atomic E-state index is 0.117. The van der Waals surface area contributed by atoms with Crippen LogP contribution in [0.2, 0.25) is 0 Å². The molecule has 0 radical (unpaired) electrons. The lowest BCUT2D eigenvalue weighted by Crippen LogP contribution is -2.11. The lowest BCUT2D eigenvalue weighted by molar-refractivity contribution is -0.384. The number of nitrogens with zero attached hydrogens (tertiary/aromatic N) is 2. The van der Waals surface area contributed by atoms with Crippen LogP contribution in [0.3, 0.4) is 0 Å². The summed E-state index contributed by atoms with van der Waals surface area (Å²) in [6.07, 6.45) is 0. The van der Waals surface area contributed by atoms with Crippen molar-refractivity contribution in [2.24, 2.45) is 0 Å². The fourth-order valence-corrected chi connectivity index (χ4v) is 3.13. The molecule has 0 aliphatic heterocycles. The highest BCUT2D eigenvalue weighted by Crippen LogP contribution is 2.30. The first kappa shape index (κ1) is 15.1. The standard InChI is InChI=1S/C16H13N3O3S/c1-9-6-7-13-14(10(9)2)17-16(23-13)18-15(20)11-4-3-5-12(8-11)19(21)22/h3-8H,1-2H3,(H,17,18,20). The van der Waals surface area contributed by atoms with Crippen molar-refractivity contribution in [3.05, 3.63) is 63.2 Å². The van der Waals surface area contributed by atoms with Crippen LogP contribution in [-0.4, -0.2) is 15.8 Å². The van der Waals surface area contributed by atoms with E-state index in [1.54, 1.807) is 0 Å². The zero-order chi connectivity index (χ0) is 16.6. The number of aromatic nitrogens is 1. The number of nitro groups is 1. The molecule has 1 aromatic heterocycles. The van der Waals surface area contributed by atoms with Gasteiger partial charge in [0.1, 0.15) is 0 Å². The van der Waals surface area contributed by atoms with Crippen LogP contribution in [0.4, 0.5) is 10.8 Å². The number of nitrogens with one attached hydrogen (secondary N) is 1. The van der Waals surface area contributed by atoms with Crippen molar-refractivity contribution in [3.8, 4) is 0 Å². The molecule has 0 aliphatic carbocycles. The Balaban J connectivity index is 1.90. The Morgan fingerprint density at radius 2 is 2.04 bits per heavy atom. The molecular weight excluding hydrogens is 314 g/mol. The third-order valence-corrected chi connectivity index (χ3v) is 4.56. The van der Waals surface area contributed by atoms with Crippen LogP contribution in [0.5, 0.6) is 0 Å². The molecule has 1 amide bonds. The van der Waals surface area contributed by atoms with E-state index in [2.05, 4.69) is 10.3 Å². The quantitative estimate of drug-likeness (QED) is 0.580. The highest BCUT2D eigenvalue weighted by Gasteiger charge is 2.14. The van der Waals surface area contributed by atoms with Gasteiger partial charge in [-0.15, -0.1) is 0 Å². The largest absolute Gasteiger partial charge is 0.298 e.